The Bertz CT molecular complexity index is 837. The Morgan fingerprint density at radius 2 is 1.73 bits per heavy atom. The number of aromatic nitrogens is 1. The Morgan fingerprint density at radius 3 is 2.35 bits per heavy atom. The van der Waals surface area contributed by atoms with E-state index in [0.29, 0.717) is 23.1 Å². The second-order valence-electron chi connectivity index (χ2n) is 6.45. The fourth-order valence-electron chi connectivity index (χ4n) is 3.30. The fourth-order valence-corrected chi connectivity index (χ4v) is 3.66. The molecule has 0 N–H and O–H groups in total. The molecule has 8 heteroatoms. The van der Waals surface area contributed by atoms with Crippen molar-refractivity contribution in [2.24, 2.45) is 0 Å². The lowest BCUT2D eigenvalue weighted by Crippen LogP contribution is -2.34. The smallest absolute Gasteiger partial charge is 0.341 e. The molecule has 0 saturated carbocycles. The van der Waals surface area contributed by atoms with Crippen LogP contribution >= 0.6 is 15.9 Å². The monoisotopic (exact) mass is 430 g/mol. The summed E-state index contributed by atoms with van der Waals surface area (Å²) >= 11 is 3.22. The zero-order chi connectivity index (χ0) is 18.9. The van der Waals surface area contributed by atoms with Gasteiger partial charge in [-0.15, -0.1) is 0 Å². The number of hydrogen-bond acceptors (Lipinski definition) is 2. The molecule has 1 aliphatic rings. The van der Waals surface area contributed by atoms with E-state index in [-0.39, 0.29) is 17.8 Å². The summed E-state index contributed by atoms with van der Waals surface area (Å²) in [4.78, 5) is 26.1. The number of benzene rings is 1. The minimum Gasteiger partial charge on any atom is -0.341 e. The van der Waals surface area contributed by atoms with Crippen molar-refractivity contribution in [3.05, 3.63) is 34.4 Å². The van der Waals surface area contributed by atoms with E-state index in [0.717, 1.165) is 31.9 Å². The van der Waals surface area contributed by atoms with Gasteiger partial charge in [-0.25, -0.2) is 0 Å². The molecule has 26 heavy (non-hydrogen) atoms. The fraction of sp³-hybridized carbons (Fsp3) is 0.444. The molecule has 2 aromatic rings. The highest BCUT2D eigenvalue weighted by Gasteiger charge is 2.41. The van der Waals surface area contributed by atoms with Gasteiger partial charge in [-0.2, -0.15) is 13.2 Å². The predicted octanol–water partition coefficient (Wildman–Crippen LogP) is 4.55. The lowest BCUT2D eigenvalue weighted by atomic mass is 10.1. The van der Waals surface area contributed by atoms with Crippen molar-refractivity contribution in [2.75, 3.05) is 13.1 Å². The number of fused-ring (bicyclic) bond motifs is 1. The van der Waals surface area contributed by atoms with Crippen molar-refractivity contribution in [3.8, 4) is 0 Å². The first-order valence-corrected chi connectivity index (χ1v) is 9.24. The van der Waals surface area contributed by atoms with Crippen molar-refractivity contribution in [3.63, 3.8) is 0 Å². The van der Waals surface area contributed by atoms with E-state index >= 15 is 0 Å². The highest BCUT2D eigenvalue weighted by Crippen LogP contribution is 2.30. The van der Waals surface area contributed by atoms with Crippen LogP contribution in [0.1, 0.15) is 36.0 Å². The van der Waals surface area contributed by atoms with Gasteiger partial charge in [-0.05, 0) is 31.0 Å². The van der Waals surface area contributed by atoms with Crippen LogP contribution in [0.3, 0.4) is 0 Å². The Balaban J connectivity index is 1.95. The van der Waals surface area contributed by atoms with E-state index in [1.54, 1.807) is 17.0 Å². The van der Waals surface area contributed by atoms with Gasteiger partial charge in [0.1, 0.15) is 6.54 Å². The lowest BCUT2D eigenvalue weighted by molar-refractivity contribution is -0.131. The molecule has 1 fully saturated rings. The van der Waals surface area contributed by atoms with Gasteiger partial charge in [-0.1, -0.05) is 28.8 Å². The Kier molecular flexibility index (Phi) is 5.41. The van der Waals surface area contributed by atoms with E-state index in [9.17, 15) is 22.8 Å². The molecule has 0 unspecified atom stereocenters. The van der Waals surface area contributed by atoms with Crippen LogP contribution in [0, 0.1) is 0 Å². The third kappa shape index (κ3) is 3.95. The standard InChI is InChI=1S/C18H18BrF3N2O2/c19-12-5-6-15-13(9-12)14(17(26)18(20,21)22)10-24(15)11-16(25)23-7-3-1-2-4-8-23/h5-6,9-10H,1-4,7-8,11H2. The number of halogens is 4. The number of ketones is 1. The molecule has 3 rings (SSSR count). The summed E-state index contributed by atoms with van der Waals surface area (Å²) in [5.74, 6) is -2.04. The van der Waals surface area contributed by atoms with Crippen LogP contribution in [0.15, 0.2) is 28.9 Å². The van der Waals surface area contributed by atoms with Gasteiger partial charge in [0.2, 0.25) is 5.91 Å². The predicted molar refractivity (Wildman–Crippen MR) is 95.1 cm³/mol. The molecule has 0 aliphatic carbocycles. The normalized spacial score (nSPS) is 15.9. The first-order valence-electron chi connectivity index (χ1n) is 8.45. The van der Waals surface area contributed by atoms with Crippen LogP contribution in [-0.2, 0) is 11.3 Å². The third-order valence-corrected chi connectivity index (χ3v) is 5.10. The number of Topliss-reactive ketones (excluding diaryl/α,β-unsaturated/α-hetero) is 1. The maximum atomic E-state index is 12.9. The summed E-state index contributed by atoms with van der Waals surface area (Å²) in [7, 11) is 0. The average Bonchev–Trinajstić information content (AvgIpc) is 2.76. The molecule has 2 heterocycles. The van der Waals surface area contributed by atoms with Crippen LogP contribution in [0.4, 0.5) is 13.2 Å². The second-order valence-corrected chi connectivity index (χ2v) is 7.37. The minimum atomic E-state index is -4.96. The Morgan fingerprint density at radius 1 is 1.08 bits per heavy atom. The molecule has 140 valence electrons. The number of rotatable bonds is 3. The zero-order valence-electron chi connectivity index (χ0n) is 14.0. The molecular weight excluding hydrogens is 413 g/mol. The number of carbonyl (C=O) groups is 2. The molecule has 0 bridgehead atoms. The maximum Gasteiger partial charge on any atom is 0.454 e. The Hall–Kier alpha value is -1.83. The lowest BCUT2D eigenvalue weighted by Gasteiger charge is -2.20. The number of alkyl halides is 3. The van der Waals surface area contributed by atoms with Crippen molar-refractivity contribution >= 4 is 38.5 Å². The van der Waals surface area contributed by atoms with Gasteiger partial charge >= 0.3 is 6.18 Å². The van der Waals surface area contributed by atoms with Crippen molar-refractivity contribution in [2.45, 2.75) is 38.4 Å². The molecule has 0 spiro atoms. The van der Waals surface area contributed by atoms with Crippen LogP contribution in [-0.4, -0.2) is 40.4 Å². The van der Waals surface area contributed by atoms with Gasteiger partial charge in [0.05, 0.1) is 5.56 Å². The summed E-state index contributed by atoms with van der Waals surface area (Å²) in [5, 5.41) is 0.186. The summed E-state index contributed by atoms with van der Waals surface area (Å²) < 4.78 is 40.8. The summed E-state index contributed by atoms with van der Waals surface area (Å²) in [5.41, 5.74) is 0.00133. The maximum absolute atomic E-state index is 12.9. The van der Waals surface area contributed by atoms with Gasteiger partial charge in [0.15, 0.2) is 0 Å². The third-order valence-electron chi connectivity index (χ3n) is 4.61. The first-order chi connectivity index (χ1) is 12.3. The molecule has 0 radical (unpaired) electrons. The molecule has 4 nitrogen and oxygen atoms in total. The molecular formula is C18H18BrF3N2O2. The highest BCUT2D eigenvalue weighted by molar-refractivity contribution is 9.10. The molecule has 1 aromatic carbocycles. The molecule has 1 aliphatic heterocycles. The van der Waals surface area contributed by atoms with E-state index in [2.05, 4.69) is 15.9 Å². The van der Waals surface area contributed by atoms with Crippen LogP contribution < -0.4 is 0 Å². The molecule has 1 aromatic heterocycles. The highest BCUT2D eigenvalue weighted by atomic mass is 79.9. The summed E-state index contributed by atoms with van der Waals surface area (Å²) in [6.45, 7) is 1.25. The largest absolute Gasteiger partial charge is 0.454 e. The first kappa shape index (κ1) is 18.9. The number of likely N-dealkylation sites (tertiary alicyclic amines) is 1. The van der Waals surface area contributed by atoms with Crippen LogP contribution in [0.25, 0.3) is 10.9 Å². The van der Waals surface area contributed by atoms with E-state index in [1.807, 2.05) is 0 Å². The molecule has 1 saturated heterocycles. The van der Waals surface area contributed by atoms with E-state index < -0.39 is 17.5 Å². The Labute approximate surface area is 157 Å². The summed E-state index contributed by atoms with van der Waals surface area (Å²) in [6, 6.07) is 4.76. The van der Waals surface area contributed by atoms with Gasteiger partial charge in [0, 0.05) is 34.7 Å². The van der Waals surface area contributed by atoms with Crippen molar-refractivity contribution in [1.82, 2.24) is 9.47 Å². The van der Waals surface area contributed by atoms with Crippen LogP contribution in [0.2, 0.25) is 0 Å². The number of hydrogen-bond donors (Lipinski definition) is 0. The summed E-state index contributed by atoms with van der Waals surface area (Å²) in [6.07, 6.45) is 0.202. The number of carbonyl (C=O) groups excluding carboxylic acids is 2. The van der Waals surface area contributed by atoms with Gasteiger partial charge in [0.25, 0.3) is 5.78 Å². The van der Waals surface area contributed by atoms with Gasteiger partial charge in [-0.3, -0.25) is 9.59 Å². The van der Waals surface area contributed by atoms with Gasteiger partial charge < -0.3 is 9.47 Å². The average molecular weight is 431 g/mol. The van der Waals surface area contributed by atoms with Crippen molar-refractivity contribution < 1.29 is 22.8 Å². The number of amides is 1. The quantitative estimate of drug-likeness (QED) is 0.670. The number of nitrogens with zero attached hydrogens (tertiary/aromatic N) is 2. The zero-order valence-corrected chi connectivity index (χ0v) is 15.6. The second kappa shape index (κ2) is 7.42. The minimum absolute atomic E-state index is 0.0801. The topological polar surface area (TPSA) is 42.3 Å². The molecule has 1 amide bonds. The SMILES string of the molecule is O=C(Cn1cc(C(=O)C(F)(F)F)c2cc(Br)ccc21)N1CCCCCC1. The van der Waals surface area contributed by atoms with Crippen molar-refractivity contribution in [1.29, 1.82) is 0 Å². The molecule has 0 atom stereocenters. The van der Waals surface area contributed by atoms with E-state index in [1.165, 1.54) is 10.6 Å². The van der Waals surface area contributed by atoms with Crippen LogP contribution in [0.5, 0.6) is 0 Å². The van der Waals surface area contributed by atoms with E-state index in [4.69, 9.17) is 0 Å².